The Morgan fingerprint density at radius 2 is 1.97 bits per heavy atom. The maximum absolute atomic E-state index is 13.9. The van der Waals surface area contributed by atoms with E-state index in [4.69, 9.17) is 16.4 Å². The lowest BCUT2D eigenvalue weighted by atomic mass is 10.1. The summed E-state index contributed by atoms with van der Waals surface area (Å²) in [6, 6.07) is -1.78. The van der Waals surface area contributed by atoms with Crippen LogP contribution in [0.4, 0.5) is 30.5 Å². The first-order valence-corrected chi connectivity index (χ1v) is 10.9. The molecule has 1 amide bonds. The van der Waals surface area contributed by atoms with Crippen LogP contribution in [0.5, 0.6) is 0 Å². The maximum atomic E-state index is 13.9. The van der Waals surface area contributed by atoms with E-state index in [1.165, 1.54) is 6.92 Å². The van der Waals surface area contributed by atoms with Gasteiger partial charge in [0.05, 0.1) is 35.6 Å². The summed E-state index contributed by atoms with van der Waals surface area (Å²) in [6.07, 6.45) is -5.06. The SMILES string of the molecule is [2H]c1nc(Nc2c([2H])c(C(=O)Nc3cc(-n4cnc(C([2H])([2H])[2H])c4)cc(C(F)(F)F)c3)c([2H])c([2H])c2C)nc(-c2c([2H])nc([2H])c([2H])c2[2H])c1[2H]. The third-order valence-corrected chi connectivity index (χ3v) is 5.11. The zero-order chi connectivity index (χ0) is 37.9. The Hall–Kier alpha value is -5.06. The lowest BCUT2D eigenvalue weighted by molar-refractivity contribution is -0.137. The number of carbonyl (C=O) groups is 1. The van der Waals surface area contributed by atoms with Crippen molar-refractivity contribution >= 4 is 23.2 Å². The smallest absolute Gasteiger partial charge is 0.324 e. The number of rotatable bonds is 6. The number of hydrogen-bond acceptors (Lipinski definition) is 6. The van der Waals surface area contributed by atoms with E-state index >= 15 is 0 Å². The van der Waals surface area contributed by atoms with Crippen molar-refractivity contribution in [2.24, 2.45) is 0 Å². The first-order chi connectivity index (χ1) is 23.6. The number of alkyl halides is 3. The molecule has 5 aromatic rings. The number of pyridine rings is 1. The van der Waals surface area contributed by atoms with Crippen molar-refractivity contribution < 1.29 is 34.4 Å². The molecular formula is C28H22F3N7O. The Morgan fingerprint density at radius 3 is 2.77 bits per heavy atom. The number of amides is 1. The van der Waals surface area contributed by atoms with Crippen LogP contribution >= 0.6 is 0 Å². The van der Waals surface area contributed by atoms with E-state index in [2.05, 4.69) is 30.6 Å². The maximum Gasteiger partial charge on any atom is 0.416 e. The monoisotopic (exact) mass is 541 g/mol. The largest absolute Gasteiger partial charge is 0.416 e. The molecule has 11 heteroatoms. The van der Waals surface area contributed by atoms with E-state index in [-0.39, 0.29) is 16.9 Å². The molecule has 0 aliphatic rings. The minimum absolute atomic E-state index is 0.0873. The van der Waals surface area contributed by atoms with Crippen LogP contribution in [0.15, 0.2) is 85.5 Å². The minimum Gasteiger partial charge on any atom is -0.324 e. The first kappa shape index (κ1) is 14.8. The van der Waals surface area contributed by atoms with Gasteiger partial charge in [-0.05, 0) is 67.8 Å². The Balaban J connectivity index is 1.57. The van der Waals surface area contributed by atoms with Gasteiger partial charge in [-0.2, -0.15) is 13.2 Å². The van der Waals surface area contributed by atoms with Gasteiger partial charge in [0.25, 0.3) is 5.91 Å². The fourth-order valence-corrected chi connectivity index (χ4v) is 3.28. The Labute approximate surface area is 238 Å². The second-order valence-electron chi connectivity index (χ2n) is 7.85. The number of nitrogens with one attached hydrogen (secondary N) is 2. The van der Waals surface area contributed by atoms with Gasteiger partial charge in [-0.25, -0.2) is 15.0 Å². The number of carbonyl (C=O) groups excluding carboxylic acids is 1. The molecule has 8 nitrogen and oxygen atoms in total. The summed E-state index contributed by atoms with van der Waals surface area (Å²) in [7, 11) is 0. The second kappa shape index (κ2) is 10.4. The van der Waals surface area contributed by atoms with E-state index in [0.717, 1.165) is 23.2 Å². The molecule has 2 N–H and O–H groups in total. The number of imidazole rings is 1. The van der Waals surface area contributed by atoms with Crippen LogP contribution in [0, 0.1) is 13.8 Å². The van der Waals surface area contributed by atoms with E-state index in [0.29, 0.717) is 12.1 Å². The average molecular weight is 542 g/mol. The van der Waals surface area contributed by atoms with Gasteiger partial charge in [-0.1, -0.05) is 6.04 Å². The molecule has 0 bridgehead atoms. The molecule has 3 heterocycles. The third kappa shape index (κ3) is 5.93. The van der Waals surface area contributed by atoms with Crippen molar-refractivity contribution in [1.29, 1.82) is 0 Å². The molecule has 0 saturated carbocycles. The standard InChI is InChI=1S/C28H22F3N7O/c1-17-5-6-19(10-25(17)37-27-33-9-7-24(36-27)20-4-3-8-32-14-20)26(39)35-22-11-21(28(29,30)31)12-23(13-22)38-15-18(2)34-16-38/h3-16H,1-2H3,(H,35,39)(H,33,36,37)/i2D3,3D,4D,5D,6D,7D,8D,9D,10D,14D. The van der Waals surface area contributed by atoms with Gasteiger partial charge < -0.3 is 15.2 Å². The van der Waals surface area contributed by atoms with Gasteiger partial charge in [0.2, 0.25) is 5.95 Å². The molecule has 0 aliphatic heterocycles. The van der Waals surface area contributed by atoms with E-state index < -0.39 is 113 Å². The number of anilines is 3. The molecule has 0 saturated heterocycles. The number of halogens is 3. The molecule has 196 valence electrons. The van der Waals surface area contributed by atoms with Gasteiger partial charge in [0.15, 0.2) is 0 Å². The Morgan fingerprint density at radius 1 is 1.10 bits per heavy atom. The normalized spacial score (nSPS) is 16.0. The predicted octanol–water partition coefficient (Wildman–Crippen LogP) is 6.36. The highest BCUT2D eigenvalue weighted by Crippen LogP contribution is 2.33. The molecule has 0 fully saturated rings. The van der Waals surface area contributed by atoms with Crippen LogP contribution in [0.1, 0.15) is 43.6 Å². The zero-order valence-electron chi connectivity index (χ0n) is 31.7. The molecule has 5 rings (SSSR count). The average Bonchev–Trinajstić information content (AvgIpc) is 3.54. The van der Waals surface area contributed by atoms with Gasteiger partial charge in [0.1, 0.15) is 0 Å². The van der Waals surface area contributed by atoms with Crippen LogP contribution in [0.3, 0.4) is 0 Å². The highest BCUT2D eigenvalue weighted by molar-refractivity contribution is 6.05. The second-order valence-corrected chi connectivity index (χ2v) is 7.85. The molecule has 0 aliphatic carbocycles. The van der Waals surface area contributed by atoms with E-state index in [1.54, 1.807) is 0 Å². The summed E-state index contributed by atoms with van der Waals surface area (Å²) >= 11 is 0. The van der Waals surface area contributed by atoms with E-state index in [9.17, 15) is 18.0 Å². The summed E-state index contributed by atoms with van der Waals surface area (Å²) in [4.78, 5) is 28.7. The summed E-state index contributed by atoms with van der Waals surface area (Å²) < 4.78 is 139. The van der Waals surface area contributed by atoms with Gasteiger partial charge in [-0.15, -0.1) is 0 Å². The molecular weight excluding hydrogens is 507 g/mol. The van der Waals surface area contributed by atoms with Gasteiger partial charge in [-0.3, -0.25) is 9.78 Å². The zero-order valence-corrected chi connectivity index (χ0v) is 19.7. The molecule has 0 atom stereocenters. The highest BCUT2D eigenvalue weighted by atomic mass is 19.4. The lowest BCUT2D eigenvalue weighted by Gasteiger charge is -2.14. The van der Waals surface area contributed by atoms with Crippen LogP contribution in [0.2, 0.25) is 0 Å². The fraction of sp³-hybridized carbons (Fsp3) is 0.107. The van der Waals surface area contributed by atoms with Crippen molar-refractivity contribution in [1.82, 2.24) is 24.5 Å². The molecule has 3 aromatic heterocycles. The summed E-state index contributed by atoms with van der Waals surface area (Å²) in [5, 5.41) is 4.76. The highest BCUT2D eigenvalue weighted by Gasteiger charge is 2.31. The quantitative estimate of drug-likeness (QED) is 0.260. The van der Waals surface area contributed by atoms with Gasteiger partial charge in [0, 0.05) is 57.0 Å². The summed E-state index contributed by atoms with van der Waals surface area (Å²) in [6.45, 7) is -1.36. The van der Waals surface area contributed by atoms with Crippen molar-refractivity contribution in [3.63, 3.8) is 0 Å². The minimum atomic E-state index is -4.92. The van der Waals surface area contributed by atoms with E-state index in [1.807, 2.05) is 0 Å². The molecule has 39 heavy (non-hydrogen) atoms. The molecule has 0 spiro atoms. The number of hydrogen-bond donors (Lipinski definition) is 2. The van der Waals surface area contributed by atoms with Crippen LogP contribution in [-0.4, -0.2) is 30.4 Å². The predicted molar refractivity (Wildman–Crippen MR) is 141 cm³/mol. The Bertz CT molecular complexity index is 2240. The van der Waals surface area contributed by atoms with Crippen molar-refractivity contribution in [3.05, 3.63) is 108 Å². The lowest BCUT2D eigenvalue weighted by Crippen LogP contribution is -2.14. The number of aryl methyl sites for hydroxylation is 1. The Kier molecular flexibility index (Phi) is 3.92. The summed E-state index contributed by atoms with van der Waals surface area (Å²) in [5.41, 5.74) is -4.50. The summed E-state index contributed by atoms with van der Waals surface area (Å²) in [5.74, 6) is -1.79. The number of benzene rings is 2. The van der Waals surface area contributed by atoms with Crippen LogP contribution in [0.25, 0.3) is 16.9 Å². The topological polar surface area (TPSA) is 97.6 Å². The fourth-order valence-electron chi connectivity index (χ4n) is 3.28. The van der Waals surface area contributed by atoms with Crippen LogP contribution < -0.4 is 10.6 Å². The molecule has 0 radical (unpaired) electrons. The third-order valence-electron chi connectivity index (χ3n) is 5.11. The van der Waals surface area contributed by atoms with Crippen molar-refractivity contribution in [3.8, 4) is 16.9 Å². The first-order valence-electron chi connectivity index (χ1n) is 16.9. The van der Waals surface area contributed by atoms with Crippen molar-refractivity contribution in [2.45, 2.75) is 20.0 Å². The molecule has 0 unspecified atom stereocenters. The number of aromatic nitrogens is 5. The van der Waals surface area contributed by atoms with Crippen LogP contribution in [-0.2, 0) is 6.18 Å². The molecule has 2 aromatic carbocycles. The number of nitrogens with zero attached hydrogens (tertiary/aromatic N) is 5. The van der Waals surface area contributed by atoms with Crippen molar-refractivity contribution in [2.75, 3.05) is 10.6 Å². The van der Waals surface area contributed by atoms with Gasteiger partial charge >= 0.3 is 6.18 Å².